The molecule has 2 rings (SSSR count). The van der Waals surface area contributed by atoms with Crippen LogP contribution in [0, 0.1) is 0 Å². The number of aryl methyl sites for hydroxylation is 1. The zero-order valence-electron chi connectivity index (χ0n) is 25.8. The molecule has 0 aliphatic heterocycles. The highest BCUT2D eigenvalue weighted by Gasteiger charge is 2.37. The second kappa shape index (κ2) is 17.0. The van der Waals surface area contributed by atoms with Gasteiger partial charge in [-0.25, -0.2) is 4.79 Å². The first kappa shape index (κ1) is 34.1. The number of ether oxygens (including phenoxy) is 1. The predicted octanol–water partition coefficient (Wildman–Crippen LogP) is 5.31. The molecule has 9 nitrogen and oxygen atoms in total. The van der Waals surface area contributed by atoms with E-state index in [1.54, 1.807) is 25.7 Å². The maximum Gasteiger partial charge on any atom is 0.408 e. The third kappa shape index (κ3) is 12.1. The number of unbranched alkanes of at least 4 members (excludes halogenated alkanes) is 3. The van der Waals surface area contributed by atoms with Crippen molar-refractivity contribution in [3.05, 3.63) is 35.4 Å². The number of rotatable bonds is 15. The summed E-state index contributed by atoms with van der Waals surface area (Å²) < 4.78 is 5.42. The van der Waals surface area contributed by atoms with Crippen LogP contribution in [0.25, 0.3) is 0 Å². The molecule has 0 aromatic heterocycles. The van der Waals surface area contributed by atoms with E-state index in [1.165, 1.54) is 0 Å². The van der Waals surface area contributed by atoms with Gasteiger partial charge in [0.2, 0.25) is 17.7 Å². The molecule has 4 N–H and O–H groups in total. The highest BCUT2D eigenvalue weighted by Crippen LogP contribution is 2.27. The summed E-state index contributed by atoms with van der Waals surface area (Å²) in [6.07, 6.45) is 8.76. The normalized spacial score (nSPS) is 15.4. The van der Waals surface area contributed by atoms with E-state index in [4.69, 9.17) is 10.5 Å². The molecule has 2 atom stereocenters. The summed E-state index contributed by atoms with van der Waals surface area (Å²) in [6.45, 7) is 9.72. The lowest BCUT2D eigenvalue weighted by Gasteiger charge is -2.36. The van der Waals surface area contributed by atoms with Gasteiger partial charge in [-0.05, 0) is 64.0 Å². The number of hydrogen-bond acceptors (Lipinski definition) is 5. The average Bonchev–Trinajstić information content (AvgIpc) is 2.92. The molecular weight excluding hydrogens is 520 g/mol. The molecule has 41 heavy (non-hydrogen) atoms. The Morgan fingerprint density at radius 2 is 1.66 bits per heavy atom. The van der Waals surface area contributed by atoms with Crippen LogP contribution in [0.3, 0.4) is 0 Å². The molecule has 1 fully saturated rings. The van der Waals surface area contributed by atoms with Crippen molar-refractivity contribution in [2.75, 3.05) is 6.54 Å². The van der Waals surface area contributed by atoms with Crippen molar-refractivity contribution in [2.24, 2.45) is 5.73 Å². The number of alkyl carbamates (subject to hydrolysis) is 1. The smallest absolute Gasteiger partial charge is 0.408 e. The minimum Gasteiger partial charge on any atom is -0.444 e. The van der Waals surface area contributed by atoms with Crippen LogP contribution in [0.15, 0.2) is 24.3 Å². The van der Waals surface area contributed by atoms with Gasteiger partial charge in [-0.1, -0.05) is 76.6 Å². The van der Waals surface area contributed by atoms with Crippen molar-refractivity contribution in [1.29, 1.82) is 0 Å². The highest BCUT2D eigenvalue weighted by molar-refractivity contribution is 5.92. The summed E-state index contributed by atoms with van der Waals surface area (Å²) in [4.78, 5) is 54.3. The predicted molar refractivity (Wildman–Crippen MR) is 161 cm³/mol. The topological polar surface area (TPSA) is 131 Å². The van der Waals surface area contributed by atoms with Crippen LogP contribution in [0.2, 0.25) is 0 Å². The van der Waals surface area contributed by atoms with Crippen LogP contribution < -0.4 is 16.4 Å². The Bertz CT molecular complexity index is 983. The van der Waals surface area contributed by atoms with Gasteiger partial charge < -0.3 is 26.0 Å². The van der Waals surface area contributed by atoms with Crippen molar-refractivity contribution in [1.82, 2.24) is 15.5 Å². The van der Waals surface area contributed by atoms with Gasteiger partial charge in [0.15, 0.2) is 0 Å². The van der Waals surface area contributed by atoms with E-state index in [9.17, 15) is 19.2 Å². The first-order valence-electron chi connectivity index (χ1n) is 15.4. The Morgan fingerprint density at radius 3 is 2.22 bits per heavy atom. The lowest BCUT2D eigenvalue weighted by Crippen LogP contribution is -2.54. The van der Waals surface area contributed by atoms with Gasteiger partial charge in [0, 0.05) is 19.0 Å². The van der Waals surface area contributed by atoms with Crippen LogP contribution in [-0.4, -0.2) is 52.9 Å². The fourth-order valence-corrected chi connectivity index (χ4v) is 5.20. The minimum atomic E-state index is -1.08. The first-order valence-corrected chi connectivity index (χ1v) is 15.4. The summed E-state index contributed by atoms with van der Waals surface area (Å²) in [5.74, 6) is -1.24. The van der Waals surface area contributed by atoms with E-state index in [1.807, 2.05) is 24.3 Å². The van der Waals surface area contributed by atoms with E-state index in [2.05, 4.69) is 24.5 Å². The van der Waals surface area contributed by atoms with E-state index in [-0.39, 0.29) is 24.8 Å². The molecule has 2 unspecified atom stereocenters. The van der Waals surface area contributed by atoms with Crippen molar-refractivity contribution in [3.8, 4) is 0 Å². The zero-order valence-corrected chi connectivity index (χ0v) is 25.8. The maximum atomic E-state index is 14.3. The quantitative estimate of drug-likeness (QED) is 0.245. The third-order valence-corrected chi connectivity index (χ3v) is 7.42. The SMILES string of the molecule is CCCCCCN(C(=O)C(CCC(N)=O)NC(=O)OC(C)(C)C)C(C(=O)NC1CCCCC1)c1ccc(CC)cc1. The number of carbonyl (C=O) groups is 4. The Morgan fingerprint density at radius 1 is 1.00 bits per heavy atom. The van der Waals surface area contributed by atoms with E-state index in [0.717, 1.165) is 63.4 Å². The second-order valence-corrected chi connectivity index (χ2v) is 12.1. The van der Waals surface area contributed by atoms with Gasteiger partial charge in [0.05, 0.1) is 0 Å². The Balaban J connectivity index is 2.48. The Labute approximate surface area is 246 Å². The van der Waals surface area contributed by atoms with Crippen molar-refractivity contribution < 1.29 is 23.9 Å². The summed E-state index contributed by atoms with van der Waals surface area (Å²) in [7, 11) is 0. The van der Waals surface area contributed by atoms with Crippen LogP contribution in [-0.2, 0) is 25.5 Å². The monoisotopic (exact) mass is 572 g/mol. The van der Waals surface area contributed by atoms with Crippen LogP contribution in [0.1, 0.15) is 122 Å². The van der Waals surface area contributed by atoms with Gasteiger partial charge in [-0.2, -0.15) is 0 Å². The number of primary amides is 1. The molecule has 1 aliphatic rings. The molecule has 1 aromatic rings. The third-order valence-electron chi connectivity index (χ3n) is 7.42. The second-order valence-electron chi connectivity index (χ2n) is 12.1. The van der Waals surface area contributed by atoms with Gasteiger partial charge in [0.1, 0.15) is 17.7 Å². The Kier molecular flexibility index (Phi) is 14.1. The van der Waals surface area contributed by atoms with E-state index in [0.29, 0.717) is 18.5 Å². The summed E-state index contributed by atoms with van der Waals surface area (Å²) >= 11 is 0. The number of benzene rings is 1. The molecule has 230 valence electrons. The molecule has 0 spiro atoms. The van der Waals surface area contributed by atoms with E-state index >= 15 is 0 Å². The van der Waals surface area contributed by atoms with E-state index < -0.39 is 35.6 Å². The molecule has 0 bridgehead atoms. The molecule has 9 heteroatoms. The van der Waals surface area contributed by atoms with Crippen LogP contribution in [0.5, 0.6) is 0 Å². The van der Waals surface area contributed by atoms with Crippen molar-refractivity contribution >= 4 is 23.8 Å². The summed E-state index contributed by atoms with van der Waals surface area (Å²) in [6, 6.07) is 5.90. The van der Waals surface area contributed by atoms with Gasteiger partial charge in [-0.3, -0.25) is 14.4 Å². The molecule has 4 amide bonds. The zero-order chi connectivity index (χ0) is 30.4. The summed E-state index contributed by atoms with van der Waals surface area (Å²) in [5, 5.41) is 5.89. The first-order chi connectivity index (χ1) is 19.4. The molecule has 0 heterocycles. The molecule has 0 radical (unpaired) electrons. The highest BCUT2D eigenvalue weighted by atomic mass is 16.6. The molecule has 1 aliphatic carbocycles. The molecule has 1 saturated carbocycles. The average molecular weight is 573 g/mol. The molecule has 1 aromatic carbocycles. The van der Waals surface area contributed by atoms with Crippen molar-refractivity contribution in [2.45, 2.75) is 135 Å². The van der Waals surface area contributed by atoms with Crippen LogP contribution >= 0.6 is 0 Å². The number of carbonyl (C=O) groups excluding carboxylic acids is 4. The lowest BCUT2D eigenvalue weighted by atomic mass is 9.94. The molecule has 0 saturated heterocycles. The van der Waals surface area contributed by atoms with Crippen LogP contribution in [0.4, 0.5) is 4.79 Å². The lowest BCUT2D eigenvalue weighted by molar-refractivity contribution is -0.143. The number of amides is 4. The number of hydrogen-bond donors (Lipinski definition) is 3. The number of nitrogens with zero attached hydrogens (tertiary/aromatic N) is 1. The number of nitrogens with two attached hydrogens (primary N) is 1. The number of nitrogens with one attached hydrogen (secondary N) is 2. The fourth-order valence-electron chi connectivity index (χ4n) is 5.20. The molecular formula is C32H52N4O5. The maximum absolute atomic E-state index is 14.3. The van der Waals surface area contributed by atoms with Gasteiger partial charge in [-0.15, -0.1) is 0 Å². The van der Waals surface area contributed by atoms with Crippen molar-refractivity contribution in [3.63, 3.8) is 0 Å². The van der Waals surface area contributed by atoms with Gasteiger partial charge in [0.25, 0.3) is 0 Å². The largest absolute Gasteiger partial charge is 0.444 e. The van der Waals surface area contributed by atoms with Gasteiger partial charge >= 0.3 is 6.09 Å². The minimum absolute atomic E-state index is 0.00457. The summed E-state index contributed by atoms with van der Waals surface area (Å²) in [5.41, 5.74) is 6.49. The Hall–Kier alpha value is -3.10. The fraction of sp³-hybridized carbons (Fsp3) is 0.688. The standard InChI is InChI=1S/C32H52N4O5/c1-6-8-9-13-22-36(30(39)26(20-21-27(33)37)35-31(40)41-32(3,4)5)28(24-18-16-23(7-2)17-19-24)29(38)34-25-14-11-10-12-15-25/h16-19,25-26,28H,6-15,20-22H2,1-5H3,(H2,33,37)(H,34,38)(H,35,40).